The third kappa shape index (κ3) is 2.04. The molecule has 0 aliphatic rings. The smallest absolute Gasteiger partial charge is 0.341 e. The van der Waals surface area contributed by atoms with Crippen molar-refractivity contribution in [2.45, 2.75) is 13.8 Å². The highest BCUT2D eigenvalue weighted by molar-refractivity contribution is 5.92. The van der Waals surface area contributed by atoms with Crippen LogP contribution in [0.3, 0.4) is 0 Å². The van der Waals surface area contributed by atoms with Crippen molar-refractivity contribution < 1.29 is 9.53 Å². The zero-order valence-electron chi connectivity index (χ0n) is 9.97. The van der Waals surface area contributed by atoms with E-state index >= 15 is 0 Å². The number of pyridine rings is 1. The number of aromatic nitrogens is 3. The highest BCUT2D eigenvalue weighted by Crippen LogP contribution is 2.14. The number of hydrogen-bond donors (Lipinski definition) is 0. The van der Waals surface area contributed by atoms with E-state index in [0.717, 1.165) is 11.4 Å². The second-order valence-corrected chi connectivity index (χ2v) is 3.71. The van der Waals surface area contributed by atoms with Crippen LogP contribution in [0.5, 0.6) is 0 Å². The standard InChI is InChI=1S/C12H13N3O2/c1-8-7-9(2)15(14-8)11-10(12(16)17-3)5-4-6-13-11/h4-7H,1-3H3. The lowest BCUT2D eigenvalue weighted by molar-refractivity contribution is 0.0600. The average Bonchev–Trinajstić information content (AvgIpc) is 2.67. The first-order valence-corrected chi connectivity index (χ1v) is 5.20. The van der Waals surface area contributed by atoms with Gasteiger partial charge in [0.05, 0.1) is 12.8 Å². The van der Waals surface area contributed by atoms with Crippen molar-refractivity contribution in [3.8, 4) is 5.82 Å². The van der Waals surface area contributed by atoms with Crippen LogP contribution >= 0.6 is 0 Å². The van der Waals surface area contributed by atoms with Crippen LogP contribution in [0.25, 0.3) is 5.82 Å². The quantitative estimate of drug-likeness (QED) is 0.738. The van der Waals surface area contributed by atoms with E-state index in [1.54, 1.807) is 23.0 Å². The first-order valence-electron chi connectivity index (χ1n) is 5.20. The third-order valence-electron chi connectivity index (χ3n) is 2.40. The van der Waals surface area contributed by atoms with Crippen LogP contribution in [0.2, 0.25) is 0 Å². The Labute approximate surface area is 99.1 Å². The molecule has 0 fully saturated rings. The van der Waals surface area contributed by atoms with Gasteiger partial charge in [-0.2, -0.15) is 5.10 Å². The summed E-state index contributed by atoms with van der Waals surface area (Å²) in [6, 6.07) is 5.29. The molecule has 0 atom stereocenters. The van der Waals surface area contributed by atoms with E-state index in [4.69, 9.17) is 4.74 Å². The Kier molecular flexibility index (Phi) is 2.91. The fourth-order valence-electron chi connectivity index (χ4n) is 1.68. The maximum atomic E-state index is 11.6. The maximum Gasteiger partial charge on any atom is 0.341 e. The van der Waals surface area contributed by atoms with Gasteiger partial charge in [-0.05, 0) is 32.0 Å². The van der Waals surface area contributed by atoms with Gasteiger partial charge in [0.15, 0.2) is 5.82 Å². The zero-order chi connectivity index (χ0) is 12.4. The molecule has 2 heterocycles. The molecule has 0 aliphatic heterocycles. The number of methoxy groups -OCH3 is 1. The van der Waals surface area contributed by atoms with Crippen LogP contribution < -0.4 is 0 Å². The molecule has 0 radical (unpaired) electrons. The minimum Gasteiger partial charge on any atom is -0.465 e. The number of carbonyl (C=O) groups is 1. The predicted octanol–water partition coefficient (Wildman–Crippen LogP) is 1.67. The Balaban J connectivity index is 2.59. The molecule has 0 amide bonds. The molecule has 2 aromatic heterocycles. The Morgan fingerprint density at radius 3 is 2.76 bits per heavy atom. The highest BCUT2D eigenvalue weighted by atomic mass is 16.5. The van der Waals surface area contributed by atoms with Crippen molar-refractivity contribution in [2.75, 3.05) is 7.11 Å². The minimum absolute atomic E-state index is 0.404. The van der Waals surface area contributed by atoms with E-state index in [9.17, 15) is 4.79 Å². The summed E-state index contributed by atoms with van der Waals surface area (Å²) in [6.45, 7) is 3.81. The number of aryl methyl sites for hydroxylation is 2. The Morgan fingerprint density at radius 2 is 2.18 bits per heavy atom. The van der Waals surface area contributed by atoms with Gasteiger partial charge >= 0.3 is 5.97 Å². The molecular formula is C12H13N3O2. The molecule has 0 saturated carbocycles. The lowest BCUT2D eigenvalue weighted by Crippen LogP contribution is -2.11. The van der Waals surface area contributed by atoms with Gasteiger partial charge in [0, 0.05) is 11.9 Å². The fraction of sp³-hybridized carbons (Fsp3) is 0.250. The van der Waals surface area contributed by atoms with E-state index in [1.165, 1.54) is 7.11 Å². The van der Waals surface area contributed by atoms with Crippen LogP contribution in [0.4, 0.5) is 0 Å². The molecule has 0 unspecified atom stereocenters. The van der Waals surface area contributed by atoms with Gasteiger partial charge in [-0.15, -0.1) is 0 Å². The summed E-state index contributed by atoms with van der Waals surface area (Å²) in [6.07, 6.45) is 1.62. The third-order valence-corrected chi connectivity index (χ3v) is 2.40. The van der Waals surface area contributed by atoms with E-state index < -0.39 is 5.97 Å². The van der Waals surface area contributed by atoms with Gasteiger partial charge in [-0.3, -0.25) is 0 Å². The number of carbonyl (C=O) groups excluding carboxylic acids is 1. The maximum absolute atomic E-state index is 11.6. The molecule has 2 aromatic rings. The van der Waals surface area contributed by atoms with Gasteiger partial charge in [0.25, 0.3) is 0 Å². The molecule has 0 saturated heterocycles. The summed E-state index contributed by atoms with van der Waals surface area (Å²) in [5, 5.41) is 4.30. The van der Waals surface area contributed by atoms with Crippen LogP contribution in [0.15, 0.2) is 24.4 Å². The predicted molar refractivity (Wildman–Crippen MR) is 62.2 cm³/mol. The molecular weight excluding hydrogens is 218 g/mol. The summed E-state index contributed by atoms with van der Waals surface area (Å²) >= 11 is 0. The van der Waals surface area contributed by atoms with Gasteiger partial charge < -0.3 is 4.74 Å². The van der Waals surface area contributed by atoms with Gasteiger partial charge in [0.1, 0.15) is 5.56 Å². The second-order valence-electron chi connectivity index (χ2n) is 3.71. The van der Waals surface area contributed by atoms with Crippen LogP contribution in [-0.2, 0) is 4.74 Å². The van der Waals surface area contributed by atoms with Gasteiger partial charge in [0.2, 0.25) is 0 Å². The fourth-order valence-corrected chi connectivity index (χ4v) is 1.68. The molecule has 5 heteroatoms. The number of esters is 1. The first kappa shape index (κ1) is 11.3. The molecule has 0 bridgehead atoms. The Hall–Kier alpha value is -2.17. The van der Waals surface area contributed by atoms with Crippen molar-refractivity contribution in [1.29, 1.82) is 0 Å². The highest BCUT2D eigenvalue weighted by Gasteiger charge is 2.16. The van der Waals surface area contributed by atoms with Crippen molar-refractivity contribution in [3.63, 3.8) is 0 Å². The van der Waals surface area contributed by atoms with Crippen molar-refractivity contribution in [3.05, 3.63) is 41.3 Å². The van der Waals surface area contributed by atoms with Crippen LogP contribution in [0, 0.1) is 13.8 Å². The normalized spacial score (nSPS) is 10.3. The lowest BCUT2D eigenvalue weighted by atomic mass is 10.2. The number of rotatable bonds is 2. The molecule has 0 spiro atoms. The Morgan fingerprint density at radius 1 is 1.41 bits per heavy atom. The van der Waals surface area contributed by atoms with Gasteiger partial charge in [-0.25, -0.2) is 14.5 Å². The van der Waals surface area contributed by atoms with Crippen molar-refractivity contribution >= 4 is 5.97 Å². The van der Waals surface area contributed by atoms with E-state index in [0.29, 0.717) is 11.4 Å². The first-order chi connectivity index (χ1) is 8.13. The minimum atomic E-state index is -0.416. The molecule has 88 valence electrons. The largest absolute Gasteiger partial charge is 0.465 e. The topological polar surface area (TPSA) is 57.0 Å². The second kappa shape index (κ2) is 4.37. The number of ether oxygens (including phenoxy) is 1. The summed E-state index contributed by atoms with van der Waals surface area (Å²) in [7, 11) is 1.35. The van der Waals surface area contributed by atoms with E-state index in [-0.39, 0.29) is 0 Å². The summed E-state index contributed by atoms with van der Waals surface area (Å²) in [5.41, 5.74) is 2.21. The lowest BCUT2D eigenvalue weighted by Gasteiger charge is -2.07. The molecule has 0 aliphatic carbocycles. The monoisotopic (exact) mass is 231 g/mol. The van der Waals surface area contributed by atoms with E-state index in [2.05, 4.69) is 10.1 Å². The Bertz CT molecular complexity index is 561. The van der Waals surface area contributed by atoms with Crippen molar-refractivity contribution in [2.24, 2.45) is 0 Å². The van der Waals surface area contributed by atoms with E-state index in [1.807, 2.05) is 19.9 Å². The summed E-state index contributed by atoms with van der Waals surface area (Å²) in [5.74, 6) is 0.0746. The van der Waals surface area contributed by atoms with Crippen LogP contribution in [0.1, 0.15) is 21.7 Å². The molecule has 0 aromatic carbocycles. The number of nitrogens with zero attached hydrogens (tertiary/aromatic N) is 3. The van der Waals surface area contributed by atoms with Crippen molar-refractivity contribution in [1.82, 2.24) is 14.8 Å². The number of hydrogen-bond acceptors (Lipinski definition) is 4. The van der Waals surface area contributed by atoms with Gasteiger partial charge in [-0.1, -0.05) is 0 Å². The average molecular weight is 231 g/mol. The SMILES string of the molecule is COC(=O)c1cccnc1-n1nc(C)cc1C. The summed E-state index contributed by atoms with van der Waals surface area (Å²) in [4.78, 5) is 15.8. The summed E-state index contributed by atoms with van der Waals surface area (Å²) < 4.78 is 6.37. The molecule has 2 rings (SSSR count). The molecule has 5 nitrogen and oxygen atoms in total. The van der Waals surface area contributed by atoms with Crippen LogP contribution in [-0.4, -0.2) is 27.8 Å². The molecule has 0 N–H and O–H groups in total. The molecule has 17 heavy (non-hydrogen) atoms. The zero-order valence-corrected chi connectivity index (χ0v) is 9.97.